The van der Waals surface area contributed by atoms with Crippen molar-refractivity contribution in [1.29, 1.82) is 0 Å². The van der Waals surface area contributed by atoms with Gasteiger partial charge in [-0.05, 0) is 42.5 Å². The van der Waals surface area contributed by atoms with Gasteiger partial charge in [-0.15, -0.1) is 0 Å². The van der Waals surface area contributed by atoms with Gasteiger partial charge in [0.1, 0.15) is 0 Å². The Morgan fingerprint density at radius 2 is 1.79 bits per heavy atom. The lowest BCUT2D eigenvalue weighted by Crippen LogP contribution is -2.37. The van der Waals surface area contributed by atoms with Crippen LogP contribution in [0.15, 0.2) is 47.1 Å². The maximum absolute atomic E-state index is 12.0. The van der Waals surface area contributed by atoms with E-state index in [0.29, 0.717) is 5.92 Å². The number of amides is 2. The van der Waals surface area contributed by atoms with E-state index < -0.39 is 5.91 Å². The third-order valence-electron chi connectivity index (χ3n) is 3.66. The van der Waals surface area contributed by atoms with E-state index in [0.717, 1.165) is 12.0 Å². The maximum atomic E-state index is 12.0. The summed E-state index contributed by atoms with van der Waals surface area (Å²) in [6.07, 6.45) is 2.46. The molecule has 0 aliphatic carbocycles. The molecule has 1 aromatic carbocycles. The number of rotatable bonds is 7. The van der Waals surface area contributed by atoms with Crippen molar-refractivity contribution in [2.75, 3.05) is 6.54 Å². The van der Waals surface area contributed by atoms with Crippen LogP contribution in [-0.4, -0.2) is 18.4 Å². The standard InChI is InChI=1S/C19H24N2O3/c1-13(2)11-15-6-8-16(9-7-15)14(3)21-18(22)12-20-19(23)17-5-4-10-24-17/h4-10,13-14H,11-12H2,1-3H3,(H,20,23)(H,21,22). The van der Waals surface area contributed by atoms with E-state index in [-0.39, 0.29) is 24.3 Å². The van der Waals surface area contributed by atoms with Gasteiger partial charge in [-0.2, -0.15) is 0 Å². The number of benzene rings is 1. The minimum atomic E-state index is -0.402. The monoisotopic (exact) mass is 328 g/mol. The maximum Gasteiger partial charge on any atom is 0.287 e. The minimum Gasteiger partial charge on any atom is -0.459 e. The molecule has 2 aromatic rings. The molecule has 0 aliphatic rings. The molecule has 2 amide bonds. The molecule has 0 saturated heterocycles. The second kappa shape index (κ2) is 8.34. The molecule has 2 rings (SSSR count). The van der Waals surface area contributed by atoms with Gasteiger partial charge in [-0.25, -0.2) is 0 Å². The highest BCUT2D eigenvalue weighted by atomic mass is 16.3. The fourth-order valence-corrected chi connectivity index (χ4v) is 2.45. The number of nitrogens with one attached hydrogen (secondary N) is 2. The normalized spacial score (nSPS) is 12.0. The predicted octanol–water partition coefficient (Wildman–Crippen LogP) is 3.09. The zero-order valence-electron chi connectivity index (χ0n) is 14.3. The molecule has 1 unspecified atom stereocenters. The molecule has 24 heavy (non-hydrogen) atoms. The van der Waals surface area contributed by atoms with Crippen molar-refractivity contribution in [3.8, 4) is 0 Å². The Hall–Kier alpha value is -2.56. The number of carbonyl (C=O) groups excluding carboxylic acids is 2. The second-order valence-electron chi connectivity index (χ2n) is 6.29. The van der Waals surface area contributed by atoms with Gasteiger partial charge in [0.15, 0.2) is 5.76 Å². The van der Waals surface area contributed by atoms with Gasteiger partial charge < -0.3 is 15.1 Å². The lowest BCUT2D eigenvalue weighted by Gasteiger charge is -2.15. The Labute approximate surface area is 142 Å². The highest BCUT2D eigenvalue weighted by molar-refractivity contribution is 5.94. The molecular formula is C19H24N2O3. The van der Waals surface area contributed by atoms with Crippen LogP contribution in [0.3, 0.4) is 0 Å². The van der Waals surface area contributed by atoms with Crippen molar-refractivity contribution in [3.63, 3.8) is 0 Å². The van der Waals surface area contributed by atoms with E-state index in [1.165, 1.54) is 11.8 Å². The Kier molecular flexibility index (Phi) is 6.18. The number of carbonyl (C=O) groups is 2. The summed E-state index contributed by atoms with van der Waals surface area (Å²) in [4.78, 5) is 23.7. The van der Waals surface area contributed by atoms with E-state index in [9.17, 15) is 9.59 Å². The molecular weight excluding hydrogens is 304 g/mol. The van der Waals surface area contributed by atoms with E-state index in [1.807, 2.05) is 19.1 Å². The van der Waals surface area contributed by atoms with Crippen LogP contribution in [0.5, 0.6) is 0 Å². The first-order valence-electron chi connectivity index (χ1n) is 8.15. The molecule has 0 aliphatic heterocycles. The zero-order chi connectivity index (χ0) is 17.5. The number of hydrogen-bond donors (Lipinski definition) is 2. The van der Waals surface area contributed by atoms with E-state index in [2.05, 4.69) is 36.6 Å². The van der Waals surface area contributed by atoms with Crippen molar-refractivity contribution in [3.05, 3.63) is 59.5 Å². The Bertz CT molecular complexity index is 660. The van der Waals surface area contributed by atoms with Gasteiger partial charge in [-0.1, -0.05) is 38.1 Å². The van der Waals surface area contributed by atoms with Crippen molar-refractivity contribution >= 4 is 11.8 Å². The number of hydrogen-bond acceptors (Lipinski definition) is 3. The fourth-order valence-electron chi connectivity index (χ4n) is 2.45. The predicted molar refractivity (Wildman–Crippen MR) is 92.6 cm³/mol. The summed E-state index contributed by atoms with van der Waals surface area (Å²) in [5.41, 5.74) is 2.33. The summed E-state index contributed by atoms with van der Waals surface area (Å²) in [6.45, 7) is 6.21. The molecule has 0 spiro atoms. The summed E-state index contributed by atoms with van der Waals surface area (Å²) in [5.74, 6) is 0.164. The summed E-state index contributed by atoms with van der Waals surface area (Å²) >= 11 is 0. The second-order valence-corrected chi connectivity index (χ2v) is 6.29. The van der Waals surface area contributed by atoms with Crippen LogP contribution in [0.2, 0.25) is 0 Å². The van der Waals surface area contributed by atoms with Crippen LogP contribution in [0.25, 0.3) is 0 Å². The molecule has 2 N–H and O–H groups in total. The third-order valence-corrected chi connectivity index (χ3v) is 3.66. The van der Waals surface area contributed by atoms with Gasteiger partial charge >= 0.3 is 0 Å². The van der Waals surface area contributed by atoms with Crippen molar-refractivity contribution in [1.82, 2.24) is 10.6 Å². The van der Waals surface area contributed by atoms with E-state index in [1.54, 1.807) is 12.1 Å². The third kappa shape index (κ3) is 5.26. The van der Waals surface area contributed by atoms with Gasteiger partial charge in [-0.3, -0.25) is 9.59 Å². The lowest BCUT2D eigenvalue weighted by atomic mass is 10.00. The Morgan fingerprint density at radius 3 is 2.38 bits per heavy atom. The first-order valence-corrected chi connectivity index (χ1v) is 8.15. The molecule has 1 atom stereocenters. The molecule has 0 fully saturated rings. The van der Waals surface area contributed by atoms with Gasteiger partial charge in [0.05, 0.1) is 18.8 Å². The van der Waals surface area contributed by atoms with Gasteiger partial charge in [0, 0.05) is 0 Å². The van der Waals surface area contributed by atoms with Crippen molar-refractivity contribution in [2.45, 2.75) is 33.2 Å². The summed E-state index contributed by atoms with van der Waals surface area (Å²) in [6, 6.07) is 11.3. The summed E-state index contributed by atoms with van der Waals surface area (Å²) in [5, 5.41) is 5.40. The van der Waals surface area contributed by atoms with Gasteiger partial charge in [0.2, 0.25) is 5.91 Å². The lowest BCUT2D eigenvalue weighted by molar-refractivity contribution is -0.120. The SMILES string of the molecule is CC(C)Cc1ccc(C(C)NC(=O)CNC(=O)c2ccco2)cc1. The average Bonchev–Trinajstić information content (AvgIpc) is 3.07. The molecule has 1 aromatic heterocycles. The van der Waals surface area contributed by atoms with Crippen LogP contribution in [0, 0.1) is 5.92 Å². The highest BCUT2D eigenvalue weighted by Crippen LogP contribution is 2.15. The van der Waals surface area contributed by atoms with Crippen LogP contribution >= 0.6 is 0 Å². The molecule has 5 nitrogen and oxygen atoms in total. The largest absolute Gasteiger partial charge is 0.459 e. The average molecular weight is 328 g/mol. The molecule has 0 radical (unpaired) electrons. The highest BCUT2D eigenvalue weighted by Gasteiger charge is 2.13. The summed E-state index contributed by atoms with van der Waals surface area (Å²) < 4.78 is 4.97. The van der Waals surface area contributed by atoms with E-state index >= 15 is 0 Å². The first-order chi connectivity index (χ1) is 11.5. The fraction of sp³-hybridized carbons (Fsp3) is 0.368. The topological polar surface area (TPSA) is 71.3 Å². The Morgan fingerprint density at radius 1 is 1.08 bits per heavy atom. The smallest absolute Gasteiger partial charge is 0.287 e. The quantitative estimate of drug-likeness (QED) is 0.820. The van der Waals surface area contributed by atoms with Gasteiger partial charge in [0.25, 0.3) is 5.91 Å². The van der Waals surface area contributed by atoms with Crippen LogP contribution in [0.4, 0.5) is 0 Å². The van der Waals surface area contributed by atoms with Crippen LogP contribution in [-0.2, 0) is 11.2 Å². The van der Waals surface area contributed by atoms with Crippen LogP contribution in [0.1, 0.15) is 48.5 Å². The molecule has 1 heterocycles. The number of furan rings is 1. The molecule has 128 valence electrons. The van der Waals surface area contributed by atoms with Crippen molar-refractivity contribution < 1.29 is 14.0 Å². The van der Waals surface area contributed by atoms with E-state index in [4.69, 9.17) is 4.42 Å². The van der Waals surface area contributed by atoms with Crippen LogP contribution < -0.4 is 10.6 Å². The summed E-state index contributed by atoms with van der Waals surface area (Å²) in [7, 11) is 0. The molecule has 0 saturated carbocycles. The van der Waals surface area contributed by atoms with Crippen molar-refractivity contribution in [2.24, 2.45) is 5.92 Å². The minimum absolute atomic E-state index is 0.0880. The Balaban J connectivity index is 1.81. The zero-order valence-corrected chi connectivity index (χ0v) is 14.3. The first kappa shape index (κ1) is 17.8. The molecule has 0 bridgehead atoms. The molecule has 5 heteroatoms.